The van der Waals surface area contributed by atoms with Crippen molar-refractivity contribution in [2.24, 2.45) is 4.99 Å². The number of nitrogens with zero attached hydrogens (tertiary/aromatic N) is 2. The molecule has 9 heteroatoms. The second kappa shape index (κ2) is 12.9. The average molecular weight is 502 g/mol. The van der Waals surface area contributed by atoms with E-state index < -0.39 is 10.0 Å². The Kier molecular flexibility index (Phi) is 12.7. The van der Waals surface area contributed by atoms with Gasteiger partial charge >= 0.3 is 0 Å². The zero-order valence-electron chi connectivity index (χ0n) is 15.5. The van der Waals surface area contributed by atoms with Gasteiger partial charge in [0.1, 0.15) is 0 Å². The Balaban J connectivity index is 0.00000576. The van der Waals surface area contributed by atoms with Crippen molar-refractivity contribution in [3.8, 4) is 0 Å². The summed E-state index contributed by atoms with van der Waals surface area (Å²) in [5, 5.41) is 6.47. The molecular formula is C16H31IN4O2S2. The van der Waals surface area contributed by atoms with Crippen molar-refractivity contribution < 1.29 is 8.42 Å². The Labute approximate surface area is 173 Å². The molecule has 1 heterocycles. The molecule has 0 aliphatic rings. The second-order valence-corrected chi connectivity index (χ2v) is 9.04. The lowest BCUT2D eigenvalue weighted by Crippen LogP contribution is -2.39. The Hall–Kier alpha value is -0.390. The van der Waals surface area contributed by atoms with Crippen molar-refractivity contribution in [3.63, 3.8) is 0 Å². The molecule has 0 amide bonds. The first kappa shape index (κ1) is 24.6. The summed E-state index contributed by atoms with van der Waals surface area (Å²) < 4.78 is 24.8. The van der Waals surface area contributed by atoms with Crippen LogP contribution in [0.15, 0.2) is 17.1 Å². The number of halogens is 1. The van der Waals surface area contributed by atoms with Gasteiger partial charge in [0, 0.05) is 36.4 Å². The second-order valence-electron chi connectivity index (χ2n) is 5.42. The van der Waals surface area contributed by atoms with Crippen LogP contribution in [0.1, 0.15) is 36.9 Å². The molecule has 1 aromatic rings. The van der Waals surface area contributed by atoms with Crippen molar-refractivity contribution in [2.75, 3.05) is 32.4 Å². The van der Waals surface area contributed by atoms with E-state index in [1.807, 2.05) is 6.92 Å². The highest BCUT2D eigenvalue weighted by atomic mass is 127. The van der Waals surface area contributed by atoms with Crippen LogP contribution in [0.5, 0.6) is 0 Å². The molecule has 0 bridgehead atoms. The first-order valence-corrected chi connectivity index (χ1v) is 10.9. The summed E-state index contributed by atoms with van der Waals surface area (Å²) in [6, 6.07) is 4.28. The fourth-order valence-electron chi connectivity index (χ4n) is 2.06. The summed E-state index contributed by atoms with van der Waals surface area (Å²) in [5.41, 5.74) is 0. The van der Waals surface area contributed by atoms with E-state index in [0.29, 0.717) is 19.6 Å². The zero-order valence-corrected chi connectivity index (χ0v) is 19.5. The van der Waals surface area contributed by atoms with Gasteiger partial charge in [-0.2, -0.15) is 0 Å². The Bertz CT molecular complexity index is 617. The molecule has 25 heavy (non-hydrogen) atoms. The Morgan fingerprint density at radius 3 is 2.44 bits per heavy atom. The van der Waals surface area contributed by atoms with E-state index in [2.05, 4.69) is 34.7 Å². The van der Waals surface area contributed by atoms with Crippen LogP contribution in [0.3, 0.4) is 0 Å². The molecule has 0 unspecified atom stereocenters. The standard InChI is InChI=1S/C16H30N4O2S2.HI/c1-5-14-9-10-15(23-14)13-19-16(17-6-2)18-11-8-12-20(4)24(21,22)7-3;/h9-10H,5-8,11-13H2,1-4H3,(H2,17,18,19);1H. The summed E-state index contributed by atoms with van der Waals surface area (Å²) >= 11 is 1.79. The molecule has 1 aromatic heterocycles. The molecule has 0 aliphatic heterocycles. The van der Waals surface area contributed by atoms with E-state index in [4.69, 9.17) is 0 Å². The maximum absolute atomic E-state index is 11.7. The molecule has 146 valence electrons. The zero-order chi connectivity index (χ0) is 18.0. The third-order valence-corrected chi connectivity index (χ3v) is 6.66. The molecule has 0 aromatic carbocycles. The van der Waals surface area contributed by atoms with Gasteiger partial charge in [-0.05, 0) is 38.8 Å². The van der Waals surface area contributed by atoms with E-state index >= 15 is 0 Å². The van der Waals surface area contributed by atoms with Gasteiger partial charge in [-0.3, -0.25) is 0 Å². The first-order valence-electron chi connectivity index (χ1n) is 8.46. The van der Waals surface area contributed by atoms with E-state index in [1.165, 1.54) is 14.1 Å². The summed E-state index contributed by atoms with van der Waals surface area (Å²) in [6.45, 7) is 8.48. The minimum absolute atomic E-state index is 0. The highest BCUT2D eigenvalue weighted by Gasteiger charge is 2.13. The lowest BCUT2D eigenvalue weighted by molar-refractivity contribution is 0.461. The molecule has 0 atom stereocenters. The third-order valence-electron chi connectivity index (χ3n) is 3.58. The molecule has 0 saturated heterocycles. The smallest absolute Gasteiger partial charge is 0.213 e. The minimum Gasteiger partial charge on any atom is -0.357 e. The van der Waals surface area contributed by atoms with Crippen LogP contribution in [0.2, 0.25) is 0 Å². The lowest BCUT2D eigenvalue weighted by atomic mass is 10.4. The first-order chi connectivity index (χ1) is 11.4. The molecule has 2 N–H and O–H groups in total. The highest BCUT2D eigenvalue weighted by Crippen LogP contribution is 2.17. The molecule has 0 radical (unpaired) electrons. The largest absolute Gasteiger partial charge is 0.357 e. The van der Waals surface area contributed by atoms with Crippen LogP contribution in [0.25, 0.3) is 0 Å². The van der Waals surface area contributed by atoms with Crippen LogP contribution >= 0.6 is 35.3 Å². The molecule has 0 aliphatic carbocycles. The Morgan fingerprint density at radius 1 is 1.20 bits per heavy atom. The fraction of sp³-hybridized carbons (Fsp3) is 0.688. The topological polar surface area (TPSA) is 73.8 Å². The summed E-state index contributed by atoms with van der Waals surface area (Å²) in [5.74, 6) is 0.909. The fourth-order valence-corrected chi connectivity index (χ4v) is 3.79. The van der Waals surface area contributed by atoms with Gasteiger partial charge < -0.3 is 10.6 Å². The quantitative estimate of drug-likeness (QED) is 0.223. The molecule has 0 saturated carbocycles. The van der Waals surface area contributed by atoms with Crippen LogP contribution in [0, 0.1) is 0 Å². The van der Waals surface area contributed by atoms with Crippen molar-refractivity contribution >= 4 is 51.3 Å². The maximum Gasteiger partial charge on any atom is 0.213 e. The highest BCUT2D eigenvalue weighted by molar-refractivity contribution is 14.0. The number of nitrogens with one attached hydrogen (secondary N) is 2. The van der Waals surface area contributed by atoms with Gasteiger partial charge in [0.15, 0.2) is 5.96 Å². The van der Waals surface area contributed by atoms with Crippen LogP contribution < -0.4 is 10.6 Å². The monoisotopic (exact) mass is 502 g/mol. The number of hydrogen-bond acceptors (Lipinski definition) is 4. The number of guanidine groups is 1. The van der Waals surface area contributed by atoms with Gasteiger partial charge in [-0.15, -0.1) is 35.3 Å². The van der Waals surface area contributed by atoms with Crippen molar-refractivity contribution in [1.82, 2.24) is 14.9 Å². The van der Waals surface area contributed by atoms with E-state index in [0.717, 1.165) is 25.3 Å². The normalized spacial score (nSPS) is 12.1. The van der Waals surface area contributed by atoms with Gasteiger partial charge in [0.25, 0.3) is 0 Å². The van der Waals surface area contributed by atoms with Gasteiger partial charge in [-0.1, -0.05) is 6.92 Å². The van der Waals surface area contributed by atoms with E-state index in [-0.39, 0.29) is 29.7 Å². The third kappa shape index (κ3) is 9.20. The van der Waals surface area contributed by atoms with Crippen LogP contribution in [0.4, 0.5) is 0 Å². The predicted octanol–water partition coefficient (Wildman–Crippen LogP) is 2.66. The van der Waals surface area contributed by atoms with Crippen LogP contribution in [-0.2, 0) is 23.0 Å². The average Bonchev–Trinajstić information content (AvgIpc) is 3.04. The van der Waals surface area contributed by atoms with E-state index in [1.54, 1.807) is 25.3 Å². The van der Waals surface area contributed by atoms with Crippen LogP contribution in [-0.4, -0.2) is 51.1 Å². The molecule has 0 spiro atoms. The molecule has 0 fully saturated rings. The minimum atomic E-state index is -3.09. The maximum atomic E-state index is 11.7. The Morgan fingerprint density at radius 2 is 1.88 bits per heavy atom. The summed E-state index contributed by atoms with van der Waals surface area (Å²) in [4.78, 5) is 7.21. The SMILES string of the molecule is CCNC(=NCc1ccc(CC)s1)NCCCN(C)S(=O)(=O)CC.I. The number of rotatable bonds is 10. The summed E-state index contributed by atoms with van der Waals surface area (Å²) in [7, 11) is -1.47. The van der Waals surface area contributed by atoms with Gasteiger partial charge in [0.05, 0.1) is 12.3 Å². The number of thiophene rings is 1. The number of aryl methyl sites for hydroxylation is 1. The predicted molar refractivity (Wildman–Crippen MR) is 119 cm³/mol. The van der Waals surface area contributed by atoms with Gasteiger partial charge in [-0.25, -0.2) is 17.7 Å². The van der Waals surface area contributed by atoms with Crippen molar-refractivity contribution in [2.45, 2.75) is 40.2 Å². The van der Waals surface area contributed by atoms with Gasteiger partial charge in [0.2, 0.25) is 10.0 Å². The number of sulfonamides is 1. The number of aliphatic imine (C=N–C) groups is 1. The summed E-state index contributed by atoms with van der Waals surface area (Å²) in [6.07, 6.45) is 1.79. The molecular weight excluding hydrogens is 471 g/mol. The molecule has 6 nitrogen and oxygen atoms in total. The van der Waals surface area contributed by atoms with Crippen molar-refractivity contribution in [1.29, 1.82) is 0 Å². The van der Waals surface area contributed by atoms with E-state index in [9.17, 15) is 8.42 Å². The lowest BCUT2D eigenvalue weighted by Gasteiger charge is -2.16. The number of hydrogen-bond donors (Lipinski definition) is 2. The van der Waals surface area contributed by atoms with Crippen molar-refractivity contribution in [3.05, 3.63) is 21.9 Å². The molecule has 1 rings (SSSR count).